The lowest BCUT2D eigenvalue weighted by Crippen LogP contribution is -2.61. The highest BCUT2D eigenvalue weighted by molar-refractivity contribution is 4.99. The second-order valence-corrected chi connectivity index (χ2v) is 8.43. The van der Waals surface area contributed by atoms with Crippen LogP contribution in [0.15, 0.2) is 0 Å². The Morgan fingerprint density at radius 1 is 0.810 bits per heavy atom. The number of rotatable bonds is 10. The molecule has 0 atom stereocenters. The molecule has 126 valence electrons. The van der Waals surface area contributed by atoms with E-state index in [-0.39, 0.29) is 11.1 Å². The van der Waals surface area contributed by atoms with E-state index < -0.39 is 0 Å². The molecule has 21 heavy (non-hydrogen) atoms. The molecule has 1 aliphatic rings. The van der Waals surface area contributed by atoms with E-state index in [1.54, 1.807) is 0 Å². The second kappa shape index (κ2) is 9.15. The van der Waals surface area contributed by atoms with Crippen molar-refractivity contribution in [1.82, 2.24) is 10.6 Å². The molecule has 0 bridgehead atoms. The molecule has 1 rings (SSSR count). The zero-order valence-electron chi connectivity index (χ0n) is 15.4. The second-order valence-electron chi connectivity index (χ2n) is 8.43. The van der Waals surface area contributed by atoms with Crippen LogP contribution in [0.1, 0.15) is 98.8 Å². The first-order valence-corrected chi connectivity index (χ1v) is 9.37. The largest absolute Gasteiger partial charge is 0.314 e. The van der Waals surface area contributed by atoms with Crippen molar-refractivity contribution in [1.29, 1.82) is 0 Å². The third-order valence-corrected chi connectivity index (χ3v) is 4.65. The number of hydrogen-bond donors (Lipinski definition) is 2. The predicted molar refractivity (Wildman–Crippen MR) is 94.9 cm³/mol. The van der Waals surface area contributed by atoms with Crippen LogP contribution in [-0.2, 0) is 0 Å². The van der Waals surface area contributed by atoms with Gasteiger partial charge in [-0.1, -0.05) is 51.9 Å². The topological polar surface area (TPSA) is 24.1 Å². The maximum absolute atomic E-state index is 3.80. The zero-order valence-corrected chi connectivity index (χ0v) is 15.4. The number of piperidine rings is 1. The Morgan fingerprint density at radius 3 is 1.81 bits per heavy atom. The molecule has 1 heterocycles. The summed E-state index contributed by atoms with van der Waals surface area (Å²) in [6.45, 7) is 12.8. The monoisotopic (exact) mass is 296 g/mol. The van der Waals surface area contributed by atoms with Crippen molar-refractivity contribution in [2.45, 2.75) is 116 Å². The normalized spacial score (nSPS) is 21.6. The van der Waals surface area contributed by atoms with E-state index in [4.69, 9.17) is 0 Å². The van der Waals surface area contributed by atoms with Crippen molar-refractivity contribution >= 4 is 0 Å². The fourth-order valence-corrected chi connectivity index (χ4v) is 4.03. The summed E-state index contributed by atoms with van der Waals surface area (Å²) in [5, 5.41) is 7.56. The Labute approximate surface area is 133 Å². The molecule has 0 aromatic rings. The first-order valence-electron chi connectivity index (χ1n) is 9.37. The lowest BCUT2D eigenvalue weighted by molar-refractivity contribution is 0.146. The minimum absolute atomic E-state index is 0.263. The van der Waals surface area contributed by atoms with E-state index in [1.165, 1.54) is 70.8 Å². The first kappa shape index (κ1) is 19.0. The van der Waals surface area contributed by atoms with Crippen molar-refractivity contribution < 1.29 is 0 Å². The molecule has 1 saturated heterocycles. The fourth-order valence-electron chi connectivity index (χ4n) is 4.03. The predicted octanol–water partition coefficient (Wildman–Crippen LogP) is 5.03. The van der Waals surface area contributed by atoms with Gasteiger partial charge in [-0.05, 0) is 53.5 Å². The van der Waals surface area contributed by atoms with Gasteiger partial charge in [-0.25, -0.2) is 0 Å². The van der Waals surface area contributed by atoms with Gasteiger partial charge in [-0.3, -0.25) is 0 Å². The van der Waals surface area contributed by atoms with E-state index in [1.807, 2.05) is 0 Å². The Bertz CT molecular complexity index is 255. The van der Waals surface area contributed by atoms with Crippen LogP contribution in [0.5, 0.6) is 0 Å². The smallest absolute Gasteiger partial charge is 0.0144 e. The van der Waals surface area contributed by atoms with Gasteiger partial charge in [0.25, 0.3) is 0 Å². The van der Waals surface area contributed by atoms with Crippen molar-refractivity contribution in [3.8, 4) is 0 Å². The molecule has 0 aliphatic carbocycles. The summed E-state index contributed by atoms with van der Waals surface area (Å²) in [6, 6.07) is 0.681. The third-order valence-electron chi connectivity index (χ3n) is 4.65. The molecule has 0 spiro atoms. The van der Waals surface area contributed by atoms with Crippen LogP contribution in [0, 0.1) is 0 Å². The maximum Gasteiger partial charge on any atom is 0.0144 e. The van der Waals surface area contributed by atoms with Gasteiger partial charge >= 0.3 is 0 Å². The fraction of sp³-hybridized carbons (Fsp3) is 1.00. The van der Waals surface area contributed by atoms with E-state index in [0.29, 0.717) is 6.04 Å². The van der Waals surface area contributed by atoms with Crippen LogP contribution in [-0.4, -0.2) is 23.7 Å². The van der Waals surface area contributed by atoms with Gasteiger partial charge in [-0.15, -0.1) is 0 Å². The molecule has 0 aromatic carbocycles. The van der Waals surface area contributed by atoms with Crippen LogP contribution >= 0.6 is 0 Å². The van der Waals surface area contributed by atoms with Gasteiger partial charge in [0, 0.05) is 17.1 Å². The quantitative estimate of drug-likeness (QED) is 0.553. The summed E-state index contributed by atoms with van der Waals surface area (Å²) in [7, 11) is 0. The Balaban J connectivity index is 2.04. The molecule has 2 heteroatoms. The lowest BCUT2D eigenvalue weighted by Gasteiger charge is -2.46. The maximum atomic E-state index is 3.80. The standard InChI is InChI=1S/C19H40N2/c1-6-7-8-9-10-11-12-13-14-20-17-15-18(2,3)21-19(4,5)16-17/h17,20-21H,6-16H2,1-5H3. The van der Waals surface area contributed by atoms with Gasteiger partial charge in [0.1, 0.15) is 0 Å². The summed E-state index contributed by atoms with van der Waals surface area (Å²) < 4.78 is 0. The lowest BCUT2D eigenvalue weighted by atomic mass is 9.79. The van der Waals surface area contributed by atoms with Gasteiger partial charge in [0.05, 0.1) is 0 Å². The Morgan fingerprint density at radius 2 is 1.29 bits per heavy atom. The minimum atomic E-state index is 0.263. The molecule has 2 nitrogen and oxygen atoms in total. The average molecular weight is 297 g/mol. The van der Waals surface area contributed by atoms with Crippen molar-refractivity contribution in [3.05, 3.63) is 0 Å². The van der Waals surface area contributed by atoms with Crippen LogP contribution in [0.3, 0.4) is 0 Å². The summed E-state index contributed by atoms with van der Waals surface area (Å²) in [5.41, 5.74) is 0.525. The highest BCUT2D eigenvalue weighted by atomic mass is 15.1. The van der Waals surface area contributed by atoms with Crippen molar-refractivity contribution in [3.63, 3.8) is 0 Å². The Kier molecular flexibility index (Phi) is 8.26. The molecular formula is C19H40N2. The summed E-state index contributed by atoms with van der Waals surface area (Å²) >= 11 is 0. The molecule has 0 aromatic heterocycles. The summed E-state index contributed by atoms with van der Waals surface area (Å²) in [5.74, 6) is 0. The van der Waals surface area contributed by atoms with Crippen molar-refractivity contribution in [2.24, 2.45) is 0 Å². The van der Waals surface area contributed by atoms with E-state index in [2.05, 4.69) is 45.3 Å². The average Bonchev–Trinajstić information content (AvgIpc) is 2.33. The van der Waals surface area contributed by atoms with Gasteiger partial charge in [0.15, 0.2) is 0 Å². The van der Waals surface area contributed by atoms with Crippen LogP contribution in [0.25, 0.3) is 0 Å². The van der Waals surface area contributed by atoms with Crippen LogP contribution in [0.4, 0.5) is 0 Å². The van der Waals surface area contributed by atoms with E-state index in [9.17, 15) is 0 Å². The summed E-state index contributed by atoms with van der Waals surface area (Å²) in [6.07, 6.45) is 13.7. The highest BCUT2D eigenvalue weighted by Gasteiger charge is 2.37. The first-order chi connectivity index (χ1) is 9.85. The number of unbranched alkanes of at least 4 members (excludes halogenated alkanes) is 7. The number of nitrogens with one attached hydrogen (secondary N) is 2. The molecule has 2 N–H and O–H groups in total. The van der Waals surface area contributed by atoms with Crippen LogP contribution < -0.4 is 10.6 Å². The van der Waals surface area contributed by atoms with E-state index >= 15 is 0 Å². The molecule has 0 saturated carbocycles. The zero-order chi connectivity index (χ0) is 15.8. The van der Waals surface area contributed by atoms with Crippen molar-refractivity contribution in [2.75, 3.05) is 6.54 Å². The SMILES string of the molecule is CCCCCCCCCCNC1CC(C)(C)NC(C)(C)C1. The third kappa shape index (κ3) is 8.83. The number of hydrogen-bond acceptors (Lipinski definition) is 2. The van der Waals surface area contributed by atoms with Gasteiger partial charge in [-0.2, -0.15) is 0 Å². The molecule has 1 fully saturated rings. The summed E-state index contributed by atoms with van der Waals surface area (Å²) in [4.78, 5) is 0. The minimum Gasteiger partial charge on any atom is -0.314 e. The molecular weight excluding hydrogens is 256 g/mol. The molecule has 1 aliphatic heterocycles. The molecule has 0 amide bonds. The van der Waals surface area contributed by atoms with E-state index in [0.717, 1.165) is 0 Å². The van der Waals surface area contributed by atoms with Gasteiger partial charge < -0.3 is 10.6 Å². The van der Waals surface area contributed by atoms with Crippen LogP contribution in [0.2, 0.25) is 0 Å². The highest BCUT2D eigenvalue weighted by Crippen LogP contribution is 2.28. The Hall–Kier alpha value is -0.0800. The molecule has 0 unspecified atom stereocenters. The molecule has 0 radical (unpaired) electrons. The van der Waals surface area contributed by atoms with Gasteiger partial charge in [0.2, 0.25) is 0 Å².